The van der Waals surface area contributed by atoms with Gasteiger partial charge in [-0.3, -0.25) is 19.0 Å². The molecule has 0 radical (unpaired) electrons. The topological polar surface area (TPSA) is 56.1 Å². The summed E-state index contributed by atoms with van der Waals surface area (Å²) in [5, 5.41) is 0.460. The minimum atomic E-state index is -0.418. The summed E-state index contributed by atoms with van der Waals surface area (Å²) < 4.78 is 2.47. The van der Waals surface area contributed by atoms with Crippen molar-refractivity contribution in [2.45, 2.75) is 6.54 Å². The third-order valence-electron chi connectivity index (χ3n) is 2.93. The molecule has 0 N–H and O–H groups in total. The van der Waals surface area contributed by atoms with E-state index in [0.29, 0.717) is 15.0 Å². The third kappa shape index (κ3) is 2.76. The van der Waals surface area contributed by atoms with Gasteiger partial charge in [0.15, 0.2) is 5.78 Å². The first kappa shape index (κ1) is 14.4. The highest BCUT2D eigenvalue weighted by Crippen LogP contribution is 2.22. The molecule has 0 saturated carbocycles. The van der Waals surface area contributed by atoms with Crippen LogP contribution in [0.5, 0.6) is 0 Å². The Labute approximate surface area is 135 Å². The van der Waals surface area contributed by atoms with Crippen molar-refractivity contribution in [2.75, 3.05) is 0 Å². The molecule has 0 atom stereocenters. The quantitative estimate of drug-likeness (QED) is 0.654. The molecule has 2 heterocycles. The largest absolute Gasteiger partial charge is 0.310 e. The van der Waals surface area contributed by atoms with E-state index in [4.69, 9.17) is 0 Å². The van der Waals surface area contributed by atoms with Crippen LogP contribution in [0.2, 0.25) is 0 Å². The van der Waals surface area contributed by atoms with Crippen molar-refractivity contribution in [2.24, 2.45) is 0 Å². The van der Waals surface area contributed by atoms with Gasteiger partial charge in [0.25, 0.3) is 5.56 Å². The Kier molecular flexibility index (Phi) is 3.88. The number of fused-ring (bicyclic) bond motifs is 1. The molecule has 2 aromatic heterocycles. The fraction of sp³-hybridized carbons (Fsp3) is 0.0714. The average Bonchev–Trinajstić information content (AvgIpc) is 2.90. The van der Waals surface area contributed by atoms with Crippen LogP contribution >= 0.6 is 38.6 Å². The van der Waals surface area contributed by atoms with Gasteiger partial charge in [-0.2, -0.15) is 0 Å². The Hall–Kier alpha value is -1.57. The van der Waals surface area contributed by atoms with Crippen LogP contribution < -0.4 is 10.4 Å². The zero-order chi connectivity index (χ0) is 15.0. The molecule has 3 rings (SSSR count). The van der Waals surface area contributed by atoms with Crippen molar-refractivity contribution in [1.82, 2.24) is 4.57 Å². The van der Waals surface area contributed by atoms with Crippen molar-refractivity contribution < 1.29 is 4.79 Å². The zero-order valence-electron chi connectivity index (χ0n) is 10.5. The molecular weight excluding hydrogens is 374 g/mol. The first-order valence-electron chi connectivity index (χ1n) is 5.97. The number of nitrogens with zero attached hydrogens (tertiary/aromatic N) is 1. The minimum absolute atomic E-state index is 0.230. The molecular formula is C14H8BrNO3S2. The molecule has 106 valence electrons. The van der Waals surface area contributed by atoms with E-state index in [0.717, 1.165) is 19.7 Å². The van der Waals surface area contributed by atoms with Gasteiger partial charge in [-0.05, 0) is 40.2 Å². The van der Waals surface area contributed by atoms with Crippen LogP contribution in [0.4, 0.5) is 0 Å². The molecule has 0 unspecified atom stereocenters. The van der Waals surface area contributed by atoms with Gasteiger partial charge in [-0.15, -0.1) is 11.3 Å². The predicted molar refractivity (Wildman–Crippen MR) is 88.7 cm³/mol. The van der Waals surface area contributed by atoms with Gasteiger partial charge in [0, 0.05) is 4.70 Å². The van der Waals surface area contributed by atoms with Crippen LogP contribution in [0.1, 0.15) is 9.67 Å². The van der Waals surface area contributed by atoms with Crippen molar-refractivity contribution >= 4 is 54.5 Å². The molecule has 1 aromatic carbocycles. The number of aromatic nitrogens is 1. The molecule has 0 fully saturated rings. The van der Waals surface area contributed by atoms with E-state index in [1.165, 1.54) is 11.3 Å². The highest BCUT2D eigenvalue weighted by molar-refractivity contribution is 9.11. The van der Waals surface area contributed by atoms with Gasteiger partial charge in [0.05, 0.1) is 20.6 Å². The van der Waals surface area contributed by atoms with Crippen LogP contribution in [0, 0.1) is 0 Å². The number of carbonyl (C=O) groups is 1. The number of benzene rings is 1. The van der Waals surface area contributed by atoms with E-state index in [2.05, 4.69) is 15.9 Å². The van der Waals surface area contributed by atoms with E-state index in [9.17, 15) is 14.4 Å². The predicted octanol–water partition coefficient (Wildman–Crippen LogP) is 3.13. The molecule has 3 aromatic rings. The molecule has 0 aliphatic rings. The number of ketones is 1. The summed E-state index contributed by atoms with van der Waals surface area (Å²) >= 11 is 5.54. The molecule has 4 nitrogen and oxygen atoms in total. The molecule has 0 bridgehead atoms. The van der Waals surface area contributed by atoms with Gasteiger partial charge >= 0.3 is 4.87 Å². The smallest absolute Gasteiger partial charge is 0.291 e. The fourth-order valence-electron chi connectivity index (χ4n) is 1.93. The summed E-state index contributed by atoms with van der Waals surface area (Å²) in [4.78, 5) is 36.7. The second-order valence-electron chi connectivity index (χ2n) is 4.28. The van der Waals surface area contributed by atoms with E-state index in [1.807, 2.05) is 0 Å². The van der Waals surface area contributed by atoms with Crippen molar-refractivity contribution in [3.05, 3.63) is 65.1 Å². The van der Waals surface area contributed by atoms with Crippen molar-refractivity contribution in [1.29, 1.82) is 0 Å². The number of hydrogen-bond acceptors (Lipinski definition) is 5. The van der Waals surface area contributed by atoms with Crippen molar-refractivity contribution in [3.8, 4) is 0 Å². The van der Waals surface area contributed by atoms with E-state index >= 15 is 0 Å². The normalized spacial score (nSPS) is 10.9. The summed E-state index contributed by atoms with van der Waals surface area (Å²) in [6.45, 7) is -0.230. The van der Waals surface area contributed by atoms with Gasteiger partial charge in [-0.25, -0.2) is 0 Å². The van der Waals surface area contributed by atoms with Gasteiger partial charge in [0.2, 0.25) is 0 Å². The van der Waals surface area contributed by atoms with Gasteiger partial charge in [-0.1, -0.05) is 23.5 Å². The lowest BCUT2D eigenvalue weighted by Crippen LogP contribution is -2.33. The number of hydrogen-bond donors (Lipinski definition) is 0. The number of thiophene rings is 1. The molecule has 0 spiro atoms. The highest BCUT2D eigenvalue weighted by Gasteiger charge is 2.14. The van der Waals surface area contributed by atoms with E-state index in [-0.39, 0.29) is 12.3 Å². The summed E-state index contributed by atoms with van der Waals surface area (Å²) in [6.07, 6.45) is 0. The standard InChI is InChI=1S/C14H8BrNO3S2/c15-12-6-5-11(20-12)9(17)7-16-13(18)8-3-1-2-4-10(8)21-14(16)19/h1-6H,7H2. The SMILES string of the molecule is O=C(Cn1c(=O)sc2ccccc2c1=O)c1ccc(Br)s1. The Bertz CT molecular complexity index is 954. The summed E-state index contributed by atoms with van der Waals surface area (Å²) in [5.74, 6) is -0.243. The second kappa shape index (κ2) is 5.67. The Morgan fingerprint density at radius 2 is 1.86 bits per heavy atom. The number of Topliss-reactive ketones (excluding diaryl/α,β-unsaturated/α-hetero) is 1. The van der Waals surface area contributed by atoms with Crippen LogP contribution in [-0.4, -0.2) is 10.4 Å². The van der Waals surface area contributed by atoms with Crippen LogP contribution in [0.25, 0.3) is 10.1 Å². The van der Waals surface area contributed by atoms with Gasteiger partial charge in [0.1, 0.15) is 0 Å². The van der Waals surface area contributed by atoms with Gasteiger partial charge < -0.3 is 0 Å². The monoisotopic (exact) mass is 381 g/mol. The fourth-order valence-corrected chi connectivity index (χ4v) is 4.11. The first-order valence-corrected chi connectivity index (χ1v) is 8.40. The second-order valence-corrected chi connectivity index (χ2v) is 7.74. The lowest BCUT2D eigenvalue weighted by atomic mass is 10.3. The summed E-state index contributed by atoms with van der Waals surface area (Å²) in [7, 11) is 0. The van der Waals surface area contributed by atoms with E-state index in [1.54, 1.807) is 36.4 Å². The highest BCUT2D eigenvalue weighted by atomic mass is 79.9. The third-order valence-corrected chi connectivity index (χ3v) is 5.57. The molecule has 7 heteroatoms. The Balaban J connectivity index is 2.07. The Morgan fingerprint density at radius 1 is 1.10 bits per heavy atom. The number of halogens is 1. The van der Waals surface area contributed by atoms with Crippen LogP contribution in [-0.2, 0) is 6.54 Å². The maximum absolute atomic E-state index is 12.3. The average molecular weight is 382 g/mol. The van der Waals surface area contributed by atoms with Crippen LogP contribution in [0.15, 0.2) is 49.8 Å². The lowest BCUT2D eigenvalue weighted by Gasteiger charge is -2.03. The summed E-state index contributed by atoms with van der Waals surface area (Å²) in [6, 6.07) is 10.3. The molecule has 0 aliphatic heterocycles. The molecule has 0 saturated heterocycles. The number of carbonyl (C=O) groups excluding carboxylic acids is 1. The summed E-state index contributed by atoms with van der Waals surface area (Å²) in [5.41, 5.74) is -0.418. The zero-order valence-corrected chi connectivity index (χ0v) is 13.8. The van der Waals surface area contributed by atoms with Crippen LogP contribution in [0.3, 0.4) is 0 Å². The number of rotatable bonds is 3. The van der Waals surface area contributed by atoms with Crippen molar-refractivity contribution in [3.63, 3.8) is 0 Å². The van der Waals surface area contributed by atoms with E-state index < -0.39 is 10.4 Å². The lowest BCUT2D eigenvalue weighted by molar-refractivity contribution is 0.0974. The minimum Gasteiger partial charge on any atom is -0.291 e. The molecule has 21 heavy (non-hydrogen) atoms. The first-order chi connectivity index (χ1) is 10.1. The Morgan fingerprint density at radius 3 is 2.57 bits per heavy atom. The maximum Gasteiger partial charge on any atom is 0.310 e. The maximum atomic E-state index is 12.3. The molecule has 0 aliphatic carbocycles. The molecule has 0 amide bonds.